The van der Waals surface area contributed by atoms with Crippen LogP contribution in [-0.2, 0) is 0 Å². The average Bonchev–Trinajstić information content (AvgIpc) is 2.93. The molecule has 0 saturated heterocycles. The Morgan fingerprint density at radius 3 is 2.81 bits per heavy atom. The van der Waals surface area contributed by atoms with Crippen molar-refractivity contribution in [2.45, 2.75) is 6.04 Å². The lowest BCUT2D eigenvalue weighted by molar-refractivity contribution is 0.174. The third kappa shape index (κ3) is 2.85. The summed E-state index contributed by atoms with van der Waals surface area (Å²) in [5, 5.41) is 13.5. The molecular formula is C15H10Cl2N2O2. The molecule has 0 amide bonds. The smallest absolute Gasteiger partial charge is 0.231 e. The number of nitrogens with one attached hydrogen (secondary N) is 1. The molecule has 0 fully saturated rings. The number of benzene rings is 2. The Bertz CT molecular complexity index is 728. The van der Waals surface area contributed by atoms with Gasteiger partial charge in [0.25, 0.3) is 0 Å². The Labute approximate surface area is 131 Å². The van der Waals surface area contributed by atoms with Gasteiger partial charge in [0.2, 0.25) is 6.79 Å². The van der Waals surface area contributed by atoms with Gasteiger partial charge in [-0.2, -0.15) is 5.26 Å². The van der Waals surface area contributed by atoms with Crippen molar-refractivity contribution in [2.75, 3.05) is 12.1 Å². The van der Waals surface area contributed by atoms with Crippen molar-refractivity contribution < 1.29 is 9.47 Å². The fourth-order valence-corrected chi connectivity index (χ4v) is 2.55. The minimum atomic E-state index is -0.574. The van der Waals surface area contributed by atoms with Crippen LogP contribution < -0.4 is 14.8 Å². The SMILES string of the molecule is N#CC(Nc1cccc(Cl)c1)c1cc(Cl)c2c(c1)OCO2. The van der Waals surface area contributed by atoms with Crippen molar-refractivity contribution >= 4 is 28.9 Å². The molecule has 1 atom stereocenters. The number of anilines is 1. The minimum Gasteiger partial charge on any atom is -0.454 e. The highest BCUT2D eigenvalue weighted by Gasteiger charge is 2.21. The lowest BCUT2D eigenvalue weighted by atomic mass is 10.1. The number of fused-ring (bicyclic) bond motifs is 1. The van der Waals surface area contributed by atoms with E-state index in [0.717, 1.165) is 5.69 Å². The number of nitrogens with zero attached hydrogens (tertiary/aromatic N) is 1. The van der Waals surface area contributed by atoms with Crippen LogP contribution in [0.25, 0.3) is 0 Å². The van der Waals surface area contributed by atoms with Gasteiger partial charge in [0, 0.05) is 10.7 Å². The Morgan fingerprint density at radius 2 is 2.05 bits per heavy atom. The average molecular weight is 321 g/mol. The first-order valence-corrected chi connectivity index (χ1v) is 6.94. The highest BCUT2D eigenvalue weighted by atomic mass is 35.5. The lowest BCUT2D eigenvalue weighted by Crippen LogP contribution is -2.08. The molecule has 1 N–H and O–H groups in total. The molecule has 1 aliphatic heterocycles. The summed E-state index contributed by atoms with van der Waals surface area (Å²) >= 11 is 12.1. The van der Waals surface area contributed by atoms with Crippen molar-refractivity contribution in [2.24, 2.45) is 0 Å². The van der Waals surface area contributed by atoms with Gasteiger partial charge < -0.3 is 14.8 Å². The number of halogens is 2. The van der Waals surface area contributed by atoms with Crippen LogP contribution >= 0.6 is 23.2 Å². The zero-order valence-corrected chi connectivity index (χ0v) is 12.3. The van der Waals surface area contributed by atoms with E-state index in [4.69, 9.17) is 32.7 Å². The van der Waals surface area contributed by atoms with E-state index in [9.17, 15) is 5.26 Å². The Morgan fingerprint density at radius 1 is 1.19 bits per heavy atom. The molecule has 2 aromatic rings. The summed E-state index contributed by atoms with van der Waals surface area (Å²) in [7, 11) is 0. The zero-order valence-electron chi connectivity index (χ0n) is 10.8. The summed E-state index contributed by atoms with van der Waals surface area (Å²) in [6.07, 6.45) is 0. The summed E-state index contributed by atoms with van der Waals surface area (Å²) < 4.78 is 10.6. The van der Waals surface area contributed by atoms with Gasteiger partial charge in [0.05, 0.1) is 11.1 Å². The summed E-state index contributed by atoms with van der Waals surface area (Å²) in [5.74, 6) is 1.06. The predicted octanol–water partition coefficient (Wildman–Crippen LogP) is 4.40. The maximum Gasteiger partial charge on any atom is 0.231 e. The standard InChI is InChI=1S/C15H10Cl2N2O2/c16-10-2-1-3-11(6-10)19-13(7-18)9-4-12(17)15-14(5-9)20-8-21-15/h1-6,13,19H,8H2. The van der Waals surface area contributed by atoms with E-state index in [1.165, 1.54) is 0 Å². The number of rotatable bonds is 3. The molecule has 0 spiro atoms. The first-order chi connectivity index (χ1) is 10.2. The van der Waals surface area contributed by atoms with Gasteiger partial charge >= 0.3 is 0 Å². The largest absolute Gasteiger partial charge is 0.454 e. The Kier molecular flexibility index (Phi) is 3.78. The van der Waals surface area contributed by atoms with Crippen LogP contribution in [0.4, 0.5) is 5.69 Å². The second-order valence-electron chi connectivity index (χ2n) is 4.45. The molecule has 4 nitrogen and oxygen atoms in total. The van der Waals surface area contributed by atoms with Gasteiger partial charge in [-0.3, -0.25) is 0 Å². The quantitative estimate of drug-likeness (QED) is 0.910. The monoisotopic (exact) mass is 320 g/mol. The highest BCUT2D eigenvalue weighted by molar-refractivity contribution is 6.32. The maximum atomic E-state index is 9.39. The molecule has 0 bridgehead atoms. The van der Waals surface area contributed by atoms with Gasteiger partial charge in [0.15, 0.2) is 11.5 Å². The third-order valence-corrected chi connectivity index (χ3v) is 3.56. The van der Waals surface area contributed by atoms with Crippen LogP contribution in [0, 0.1) is 11.3 Å². The molecule has 6 heteroatoms. The maximum absolute atomic E-state index is 9.39. The van der Waals surface area contributed by atoms with E-state index >= 15 is 0 Å². The van der Waals surface area contributed by atoms with Crippen molar-refractivity contribution in [1.29, 1.82) is 5.26 Å². The van der Waals surface area contributed by atoms with Crippen molar-refractivity contribution in [3.8, 4) is 17.6 Å². The van der Waals surface area contributed by atoms with Crippen LogP contribution in [0.5, 0.6) is 11.5 Å². The normalized spacial score (nSPS) is 13.6. The molecule has 106 valence electrons. The summed E-state index contributed by atoms with van der Waals surface area (Å²) in [4.78, 5) is 0. The van der Waals surface area contributed by atoms with E-state index < -0.39 is 6.04 Å². The molecule has 0 saturated carbocycles. The predicted molar refractivity (Wildman–Crippen MR) is 81.0 cm³/mol. The molecule has 21 heavy (non-hydrogen) atoms. The Hall–Kier alpha value is -2.09. The molecule has 0 radical (unpaired) electrons. The summed E-state index contributed by atoms with van der Waals surface area (Å²) in [6.45, 7) is 0.136. The van der Waals surface area contributed by atoms with Gasteiger partial charge in [-0.15, -0.1) is 0 Å². The number of hydrogen-bond acceptors (Lipinski definition) is 4. The van der Waals surface area contributed by atoms with Crippen LogP contribution in [-0.4, -0.2) is 6.79 Å². The summed E-state index contributed by atoms with van der Waals surface area (Å²) in [5.41, 5.74) is 1.45. The van der Waals surface area contributed by atoms with Crippen LogP contribution in [0.3, 0.4) is 0 Å². The first-order valence-electron chi connectivity index (χ1n) is 6.18. The lowest BCUT2D eigenvalue weighted by Gasteiger charge is -2.14. The van der Waals surface area contributed by atoms with Gasteiger partial charge in [0.1, 0.15) is 6.04 Å². The fourth-order valence-electron chi connectivity index (χ4n) is 2.09. The summed E-state index contributed by atoms with van der Waals surface area (Å²) in [6, 6.07) is 12.2. The first kappa shape index (κ1) is 13.9. The second-order valence-corrected chi connectivity index (χ2v) is 5.30. The molecule has 0 aromatic heterocycles. The zero-order chi connectivity index (χ0) is 14.8. The van der Waals surface area contributed by atoms with E-state index in [-0.39, 0.29) is 6.79 Å². The van der Waals surface area contributed by atoms with Crippen LogP contribution in [0.2, 0.25) is 10.0 Å². The van der Waals surface area contributed by atoms with Gasteiger partial charge in [-0.25, -0.2) is 0 Å². The Balaban J connectivity index is 1.91. The van der Waals surface area contributed by atoms with Gasteiger partial charge in [-0.1, -0.05) is 29.3 Å². The third-order valence-electron chi connectivity index (χ3n) is 3.05. The fraction of sp³-hybridized carbons (Fsp3) is 0.133. The van der Waals surface area contributed by atoms with E-state index in [1.54, 1.807) is 24.3 Å². The number of ether oxygens (including phenoxy) is 2. The number of hydrogen-bond donors (Lipinski definition) is 1. The van der Waals surface area contributed by atoms with Crippen LogP contribution in [0.15, 0.2) is 36.4 Å². The second kappa shape index (κ2) is 5.72. The minimum absolute atomic E-state index is 0.136. The molecular weight excluding hydrogens is 311 g/mol. The topological polar surface area (TPSA) is 54.3 Å². The van der Waals surface area contributed by atoms with Gasteiger partial charge in [-0.05, 0) is 35.9 Å². The van der Waals surface area contributed by atoms with E-state index in [2.05, 4.69) is 11.4 Å². The van der Waals surface area contributed by atoms with Crippen molar-refractivity contribution in [1.82, 2.24) is 0 Å². The molecule has 2 aromatic carbocycles. The molecule has 1 aliphatic rings. The van der Waals surface area contributed by atoms with E-state index in [1.807, 2.05) is 12.1 Å². The van der Waals surface area contributed by atoms with Crippen LogP contribution in [0.1, 0.15) is 11.6 Å². The molecule has 3 rings (SSSR count). The molecule has 1 heterocycles. The van der Waals surface area contributed by atoms with Crippen molar-refractivity contribution in [3.05, 3.63) is 52.0 Å². The van der Waals surface area contributed by atoms with E-state index in [0.29, 0.717) is 27.1 Å². The molecule has 0 aliphatic carbocycles. The highest BCUT2D eigenvalue weighted by Crippen LogP contribution is 2.41. The van der Waals surface area contributed by atoms with Crippen molar-refractivity contribution in [3.63, 3.8) is 0 Å². The number of nitriles is 1. The molecule has 1 unspecified atom stereocenters.